The number of methoxy groups -OCH3 is 1. The Kier molecular flexibility index (Phi) is 3.41. The predicted octanol–water partition coefficient (Wildman–Crippen LogP) is 0.772. The number of carbonyl (C=O) groups is 1. The van der Waals surface area contributed by atoms with Gasteiger partial charge in [-0.3, -0.25) is 4.79 Å². The van der Waals surface area contributed by atoms with E-state index in [1.165, 1.54) is 12.1 Å². The number of carbonyl (C=O) groups excluding carboxylic acids is 1. The summed E-state index contributed by atoms with van der Waals surface area (Å²) in [4.78, 5) is 10.3. The highest BCUT2D eigenvalue weighted by atomic mass is 32.2. The minimum atomic E-state index is -3.95. The normalized spacial score (nSPS) is 11.1. The first-order chi connectivity index (χ1) is 6.97. The average Bonchev–Trinajstić information content (AvgIpc) is 2.17. The van der Waals surface area contributed by atoms with Crippen molar-refractivity contribution in [1.29, 1.82) is 0 Å². The van der Waals surface area contributed by atoms with Crippen molar-refractivity contribution in [3.63, 3.8) is 0 Å². The van der Waals surface area contributed by atoms with Crippen molar-refractivity contribution < 1.29 is 22.3 Å². The maximum Gasteiger partial charge on any atom is 0.321 e. The predicted molar refractivity (Wildman–Crippen MR) is 50.5 cm³/mol. The fourth-order valence-corrected chi connectivity index (χ4v) is 2.22. The molecule has 0 N–H and O–H groups in total. The Balaban J connectivity index is 3.07. The smallest absolute Gasteiger partial charge is 0.321 e. The van der Waals surface area contributed by atoms with Crippen LogP contribution in [0.5, 0.6) is 0 Å². The molecule has 82 valence electrons. The van der Waals surface area contributed by atoms with Gasteiger partial charge in [0.25, 0.3) is 0 Å². The molecule has 0 spiro atoms. The second kappa shape index (κ2) is 4.39. The number of halogens is 1. The third-order valence-corrected chi connectivity index (χ3v) is 3.32. The van der Waals surface area contributed by atoms with Gasteiger partial charge in [-0.15, -0.1) is 0 Å². The van der Waals surface area contributed by atoms with Gasteiger partial charge in [0, 0.05) is 0 Å². The SMILES string of the molecule is COC(=O)CS(=O)(=O)c1ccccc1F. The van der Waals surface area contributed by atoms with Crippen molar-refractivity contribution in [2.24, 2.45) is 0 Å². The molecule has 0 fully saturated rings. The van der Waals surface area contributed by atoms with Crippen LogP contribution in [0, 0.1) is 5.82 Å². The van der Waals surface area contributed by atoms with E-state index in [4.69, 9.17) is 0 Å². The zero-order valence-corrected chi connectivity index (χ0v) is 8.75. The number of hydrogen-bond donors (Lipinski definition) is 0. The van der Waals surface area contributed by atoms with Crippen molar-refractivity contribution in [3.05, 3.63) is 30.1 Å². The van der Waals surface area contributed by atoms with E-state index < -0.39 is 32.3 Å². The van der Waals surface area contributed by atoms with Crippen LogP contribution < -0.4 is 0 Å². The van der Waals surface area contributed by atoms with Crippen LogP contribution in [-0.4, -0.2) is 27.2 Å². The van der Waals surface area contributed by atoms with Crippen molar-refractivity contribution >= 4 is 15.8 Å². The second-order valence-electron chi connectivity index (χ2n) is 2.77. The summed E-state index contributed by atoms with van der Waals surface area (Å²) in [6, 6.07) is 4.87. The minimum Gasteiger partial charge on any atom is -0.468 e. The highest BCUT2D eigenvalue weighted by molar-refractivity contribution is 7.92. The maximum absolute atomic E-state index is 13.1. The Morgan fingerprint density at radius 3 is 2.53 bits per heavy atom. The van der Waals surface area contributed by atoms with E-state index in [0.29, 0.717) is 0 Å². The van der Waals surface area contributed by atoms with Gasteiger partial charge in [0.1, 0.15) is 10.7 Å². The van der Waals surface area contributed by atoms with Crippen molar-refractivity contribution in [3.8, 4) is 0 Å². The van der Waals surface area contributed by atoms with Crippen LogP contribution in [0.2, 0.25) is 0 Å². The molecule has 0 saturated carbocycles. The molecule has 1 rings (SSSR count). The van der Waals surface area contributed by atoms with Crippen LogP contribution in [0.4, 0.5) is 4.39 Å². The fraction of sp³-hybridized carbons (Fsp3) is 0.222. The van der Waals surface area contributed by atoms with Crippen molar-refractivity contribution in [2.75, 3.05) is 12.9 Å². The minimum absolute atomic E-state index is 0.490. The Morgan fingerprint density at radius 2 is 2.00 bits per heavy atom. The van der Waals surface area contributed by atoms with Crippen LogP contribution in [0.3, 0.4) is 0 Å². The average molecular weight is 232 g/mol. The van der Waals surface area contributed by atoms with Gasteiger partial charge in [-0.05, 0) is 12.1 Å². The van der Waals surface area contributed by atoms with Gasteiger partial charge in [0.2, 0.25) is 0 Å². The Bertz CT molecular complexity index is 467. The summed E-state index contributed by atoms with van der Waals surface area (Å²) in [6.07, 6.45) is 0. The monoisotopic (exact) mass is 232 g/mol. The summed E-state index contributed by atoms with van der Waals surface area (Å²) in [5.41, 5.74) is 0. The molecule has 0 aliphatic rings. The molecule has 0 aliphatic carbocycles. The summed E-state index contributed by atoms with van der Waals surface area (Å²) in [5.74, 6) is -2.65. The van der Waals surface area contributed by atoms with E-state index in [0.717, 1.165) is 19.2 Å². The molecule has 0 saturated heterocycles. The van der Waals surface area contributed by atoms with Gasteiger partial charge in [-0.25, -0.2) is 12.8 Å². The van der Waals surface area contributed by atoms with E-state index in [1.807, 2.05) is 0 Å². The quantitative estimate of drug-likeness (QED) is 0.722. The van der Waals surface area contributed by atoms with Gasteiger partial charge < -0.3 is 4.74 Å². The summed E-state index contributed by atoms with van der Waals surface area (Å²) >= 11 is 0. The fourth-order valence-electron chi connectivity index (χ4n) is 0.989. The van der Waals surface area contributed by atoms with Crippen LogP contribution in [0.15, 0.2) is 29.2 Å². The molecule has 1 aromatic carbocycles. The molecule has 0 unspecified atom stereocenters. The van der Waals surface area contributed by atoms with Gasteiger partial charge in [-0.1, -0.05) is 12.1 Å². The van der Waals surface area contributed by atoms with Gasteiger partial charge in [-0.2, -0.15) is 0 Å². The molecule has 0 radical (unpaired) electrons. The van der Waals surface area contributed by atoms with E-state index in [2.05, 4.69) is 4.74 Å². The maximum atomic E-state index is 13.1. The summed E-state index contributed by atoms with van der Waals surface area (Å²) in [5, 5.41) is 0. The number of sulfone groups is 1. The Labute approximate surface area is 86.6 Å². The second-order valence-corrected chi connectivity index (χ2v) is 4.72. The highest BCUT2D eigenvalue weighted by Gasteiger charge is 2.22. The van der Waals surface area contributed by atoms with E-state index in [1.54, 1.807) is 0 Å². The molecule has 6 heteroatoms. The zero-order chi connectivity index (χ0) is 11.5. The molecular formula is C9H9FO4S. The molecule has 4 nitrogen and oxygen atoms in total. The summed E-state index contributed by atoms with van der Waals surface area (Å²) < 4.78 is 40.3. The van der Waals surface area contributed by atoms with Crippen molar-refractivity contribution in [2.45, 2.75) is 4.90 Å². The Hall–Kier alpha value is -1.43. The first-order valence-electron chi connectivity index (χ1n) is 4.01. The van der Waals surface area contributed by atoms with E-state index in [-0.39, 0.29) is 0 Å². The van der Waals surface area contributed by atoms with Crippen LogP contribution in [0.25, 0.3) is 0 Å². The molecule has 0 aromatic heterocycles. The van der Waals surface area contributed by atoms with Crippen LogP contribution in [0.1, 0.15) is 0 Å². The topological polar surface area (TPSA) is 60.4 Å². The number of esters is 1. The van der Waals surface area contributed by atoms with Crippen LogP contribution in [-0.2, 0) is 19.4 Å². The number of hydrogen-bond acceptors (Lipinski definition) is 4. The lowest BCUT2D eigenvalue weighted by atomic mass is 10.3. The zero-order valence-electron chi connectivity index (χ0n) is 7.94. The standard InChI is InChI=1S/C9H9FO4S/c1-14-9(11)6-15(12,13)8-5-3-2-4-7(8)10/h2-5H,6H2,1H3. The van der Waals surface area contributed by atoms with Crippen molar-refractivity contribution in [1.82, 2.24) is 0 Å². The lowest BCUT2D eigenvalue weighted by molar-refractivity contribution is -0.137. The Morgan fingerprint density at radius 1 is 1.40 bits per heavy atom. The van der Waals surface area contributed by atoms with Crippen LogP contribution >= 0.6 is 0 Å². The van der Waals surface area contributed by atoms with Gasteiger partial charge >= 0.3 is 5.97 Å². The number of rotatable bonds is 3. The molecule has 1 aromatic rings. The van der Waals surface area contributed by atoms with Gasteiger partial charge in [0.05, 0.1) is 7.11 Å². The third-order valence-electron chi connectivity index (χ3n) is 1.71. The first kappa shape index (κ1) is 11.6. The molecule has 0 heterocycles. The summed E-state index contributed by atoms with van der Waals surface area (Å²) in [7, 11) is -2.88. The summed E-state index contributed by atoms with van der Waals surface area (Å²) in [6.45, 7) is 0. The molecular weight excluding hydrogens is 223 g/mol. The largest absolute Gasteiger partial charge is 0.468 e. The molecule has 0 aliphatic heterocycles. The highest BCUT2D eigenvalue weighted by Crippen LogP contribution is 2.15. The molecule has 0 amide bonds. The molecule has 15 heavy (non-hydrogen) atoms. The van der Waals surface area contributed by atoms with E-state index >= 15 is 0 Å². The lowest BCUT2D eigenvalue weighted by Crippen LogP contribution is -2.18. The third kappa shape index (κ3) is 2.76. The van der Waals surface area contributed by atoms with Gasteiger partial charge in [0.15, 0.2) is 15.6 Å². The first-order valence-corrected chi connectivity index (χ1v) is 5.66. The van der Waals surface area contributed by atoms with E-state index in [9.17, 15) is 17.6 Å². The molecule has 0 bridgehead atoms. The lowest BCUT2D eigenvalue weighted by Gasteiger charge is -2.03. The number of ether oxygens (including phenoxy) is 1. The number of benzene rings is 1. The molecule has 0 atom stereocenters.